The number of carboxylic acid groups (broad SMARTS) is 1. The molecule has 0 fully saturated rings. The van der Waals surface area contributed by atoms with E-state index in [1.54, 1.807) is 0 Å². The molecule has 0 aliphatic carbocycles. The van der Waals surface area contributed by atoms with Gasteiger partial charge in [0.25, 0.3) is 0 Å². The molecular formula is C12H8F2N2O5. The van der Waals surface area contributed by atoms with E-state index in [-0.39, 0.29) is 29.5 Å². The molecule has 7 nitrogen and oxygen atoms in total. The van der Waals surface area contributed by atoms with Crippen molar-refractivity contribution in [2.45, 2.75) is 12.8 Å². The molecule has 9 heteroatoms. The van der Waals surface area contributed by atoms with E-state index in [1.165, 1.54) is 24.3 Å². The number of alkyl halides is 2. The van der Waals surface area contributed by atoms with E-state index < -0.39 is 12.3 Å². The molecule has 0 bridgehead atoms. The standard InChI is InChI=1S/C12H8F2N2O5/c13-12(14)19-9-2-1-6(3-10(9)20-12)15-5-7-4-8(11(17)18)16-21-7/h1-4,15H,5H2,(H,17,18). The molecule has 1 aromatic carbocycles. The third-order valence-electron chi connectivity index (χ3n) is 2.65. The van der Waals surface area contributed by atoms with Crippen LogP contribution in [0.2, 0.25) is 0 Å². The van der Waals surface area contributed by atoms with Crippen LogP contribution in [-0.4, -0.2) is 22.5 Å². The summed E-state index contributed by atoms with van der Waals surface area (Å²) in [6, 6.07) is 5.45. The van der Waals surface area contributed by atoms with Gasteiger partial charge in [-0.2, -0.15) is 0 Å². The third-order valence-corrected chi connectivity index (χ3v) is 2.65. The predicted molar refractivity (Wildman–Crippen MR) is 63.4 cm³/mol. The van der Waals surface area contributed by atoms with E-state index in [0.717, 1.165) is 0 Å². The Hall–Kier alpha value is -2.84. The topological polar surface area (TPSA) is 93.8 Å². The number of carboxylic acids is 1. The van der Waals surface area contributed by atoms with Crippen molar-refractivity contribution < 1.29 is 32.7 Å². The minimum atomic E-state index is -3.66. The summed E-state index contributed by atoms with van der Waals surface area (Å²) < 4.78 is 39.1. The van der Waals surface area contributed by atoms with E-state index in [1.807, 2.05) is 0 Å². The van der Waals surface area contributed by atoms with Crippen LogP contribution in [0, 0.1) is 0 Å². The van der Waals surface area contributed by atoms with Crippen LogP contribution >= 0.6 is 0 Å². The molecule has 0 saturated heterocycles. The van der Waals surface area contributed by atoms with Gasteiger partial charge in [0.05, 0.1) is 6.54 Å². The lowest BCUT2D eigenvalue weighted by molar-refractivity contribution is -0.286. The molecule has 1 aromatic heterocycles. The number of ether oxygens (including phenoxy) is 2. The van der Waals surface area contributed by atoms with Gasteiger partial charge in [-0.25, -0.2) is 4.79 Å². The number of aromatic nitrogens is 1. The number of hydrogen-bond donors (Lipinski definition) is 2. The molecular weight excluding hydrogens is 290 g/mol. The first-order chi connectivity index (χ1) is 9.93. The zero-order valence-electron chi connectivity index (χ0n) is 10.3. The predicted octanol–water partition coefficient (Wildman–Crippen LogP) is 2.31. The molecule has 0 amide bonds. The van der Waals surface area contributed by atoms with Crippen molar-refractivity contribution in [3.63, 3.8) is 0 Å². The normalized spacial score (nSPS) is 15.0. The van der Waals surface area contributed by atoms with Gasteiger partial charge >= 0.3 is 12.3 Å². The fourth-order valence-electron chi connectivity index (χ4n) is 1.75. The van der Waals surface area contributed by atoms with Crippen LogP contribution in [0.25, 0.3) is 0 Å². The Balaban J connectivity index is 1.68. The second-order valence-electron chi connectivity index (χ2n) is 4.17. The Labute approximate surface area is 116 Å². The summed E-state index contributed by atoms with van der Waals surface area (Å²) in [7, 11) is 0. The number of hydrogen-bond acceptors (Lipinski definition) is 6. The molecule has 2 heterocycles. The zero-order valence-corrected chi connectivity index (χ0v) is 10.3. The largest absolute Gasteiger partial charge is 0.586 e. The van der Waals surface area contributed by atoms with Gasteiger partial charge in [-0.05, 0) is 12.1 Å². The molecule has 1 aliphatic rings. The molecule has 0 atom stereocenters. The van der Waals surface area contributed by atoms with Gasteiger partial charge < -0.3 is 24.4 Å². The van der Waals surface area contributed by atoms with Crippen LogP contribution in [0.3, 0.4) is 0 Å². The fourth-order valence-corrected chi connectivity index (χ4v) is 1.75. The smallest absolute Gasteiger partial charge is 0.476 e. The number of anilines is 1. The highest BCUT2D eigenvalue weighted by Crippen LogP contribution is 2.42. The van der Waals surface area contributed by atoms with Gasteiger partial charge in [0.15, 0.2) is 23.0 Å². The van der Waals surface area contributed by atoms with Crippen molar-refractivity contribution in [2.24, 2.45) is 0 Å². The van der Waals surface area contributed by atoms with Gasteiger partial charge in [-0.1, -0.05) is 5.16 Å². The highest BCUT2D eigenvalue weighted by molar-refractivity contribution is 5.85. The number of rotatable bonds is 4. The summed E-state index contributed by atoms with van der Waals surface area (Å²) in [5.74, 6) is -1.06. The van der Waals surface area contributed by atoms with E-state index >= 15 is 0 Å². The van der Waals surface area contributed by atoms with Crippen LogP contribution < -0.4 is 14.8 Å². The number of benzene rings is 1. The summed E-state index contributed by atoms with van der Waals surface area (Å²) in [6.07, 6.45) is -3.66. The summed E-state index contributed by atoms with van der Waals surface area (Å²) in [5.41, 5.74) is 0.264. The number of nitrogens with one attached hydrogen (secondary N) is 1. The van der Waals surface area contributed by atoms with Gasteiger partial charge in [-0.15, -0.1) is 8.78 Å². The maximum absolute atomic E-state index is 12.9. The summed E-state index contributed by atoms with van der Waals surface area (Å²) in [6.45, 7) is 0.135. The Morgan fingerprint density at radius 3 is 2.76 bits per heavy atom. The first-order valence-corrected chi connectivity index (χ1v) is 5.75. The van der Waals surface area contributed by atoms with Crippen LogP contribution in [0.4, 0.5) is 14.5 Å². The van der Waals surface area contributed by atoms with Crippen molar-refractivity contribution in [3.05, 3.63) is 35.7 Å². The lowest BCUT2D eigenvalue weighted by Gasteiger charge is -2.05. The van der Waals surface area contributed by atoms with E-state index in [0.29, 0.717) is 5.69 Å². The highest BCUT2D eigenvalue weighted by atomic mass is 19.3. The van der Waals surface area contributed by atoms with E-state index in [2.05, 4.69) is 19.9 Å². The first-order valence-electron chi connectivity index (χ1n) is 5.75. The lowest BCUT2D eigenvalue weighted by atomic mass is 10.2. The second-order valence-corrected chi connectivity index (χ2v) is 4.17. The maximum atomic E-state index is 12.9. The maximum Gasteiger partial charge on any atom is 0.586 e. The van der Waals surface area contributed by atoms with Crippen molar-refractivity contribution in [2.75, 3.05) is 5.32 Å². The third kappa shape index (κ3) is 2.71. The van der Waals surface area contributed by atoms with Crippen LogP contribution in [0.1, 0.15) is 16.2 Å². The number of fused-ring (bicyclic) bond motifs is 1. The Kier molecular flexibility index (Phi) is 2.89. The lowest BCUT2D eigenvalue weighted by Crippen LogP contribution is -2.25. The average Bonchev–Trinajstić information content (AvgIpc) is 2.98. The van der Waals surface area contributed by atoms with Crippen LogP contribution in [0.15, 0.2) is 28.8 Å². The zero-order chi connectivity index (χ0) is 15.0. The second kappa shape index (κ2) is 4.62. The van der Waals surface area contributed by atoms with E-state index in [9.17, 15) is 13.6 Å². The van der Waals surface area contributed by atoms with Gasteiger partial charge in [-0.3, -0.25) is 0 Å². The monoisotopic (exact) mass is 298 g/mol. The van der Waals surface area contributed by atoms with Crippen molar-refractivity contribution in [3.8, 4) is 11.5 Å². The molecule has 0 unspecified atom stereocenters. The number of nitrogens with zero attached hydrogens (tertiary/aromatic N) is 1. The minimum absolute atomic E-state index is 0.0571. The van der Waals surface area contributed by atoms with Crippen LogP contribution in [0.5, 0.6) is 11.5 Å². The number of halogens is 2. The van der Waals surface area contributed by atoms with Crippen LogP contribution in [-0.2, 0) is 6.54 Å². The summed E-state index contributed by atoms with van der Waals surface area (Å²) >= 11 is 0. The Bertz CT molecular complexity index is 701. The average molecular weight is 298 g/mol. The molecule has 1 aliphatic heterocycles. The van der Waals surface area contributed by atoms with Crippen molar-refractivity contribution >= 4 is 11.7 Å². The molecule has 0 spiro atoms. The van der Waals surface area contributed by atoms with Gasteiger partial charge in [0, 0.05) is 17.8 Å². The molecule has 21 heavy (non-hydrogen) atoms. The molecule has 3 rings (SSSR count). The van der Waals surface area contributed by atoms with Crippen molar-refractivity contribution in [1.82, 2.24) is 5.16 Å². The molecule has 2 aromatic rings. The number of aromatic carboxylic acids is 1. The number of carbonyl (C=O) groups is 1. The molecule has 2 N–H and O–H groups in total. The quantitative estimate of drug-likeness (QED) is 0.894. The SMILES string of the molecule is O=C(O)c1cc(CNc2ccc3c(c2)OC(F)(F)O3)on1. The van der Waals surface area contributed by atoms with Gasteiger partial charge in [0.1, 0.15) is 0 Å². The highest BCUT2D eigenvalue weighted by Gasteiger charge is 2.43. The Morgan fingerprint density at radius 2 is 2.05 bits per heavy atom. The summed E-state index contributed by atoms with van der Waals surface area (Å²) in [4.78, 5) is 10.6. The van der Waals surface area contributed by atoms with Crippen molar-refractivity contribution in [1.29, 1.82) is 0 Å². The Morgan fingerprint density at radius 1 is 1.29 bits per heavy atom. The molecule has 0 saturated carbocycles. The molecule has 0 radical (unpaired) electrons. The minimum Gasteiger partial charge on any atom is -0.476 e. The first kappa shape index (κ1) is 13.2. The van der Waals surface area contributed by atoms with Gasteiger partial charge in [0.2, 0.25) is 0 Å². The summed E-state index contributed by atoms with van der Waals surface area (Å²) in [5, 5.41) is 14.9. The fraction of sp³-hybridized carbons (Fsp3) is 0.167. The molecule has 110 valence electrons. The van der Waals surface area contributed by atoms with E-state index in [4.69, 9.17) is 9.63 Å².